The van der Waals surface area contributed by atoms with Crippen molar-refractivity contribution in [1.82, 2.24) is 0 Å². The Hall–Kier alpha value is -3.37. The summed E-state index contributed by atoms with van der Waals surface area (Å²) in [6.07, 6.45) is 0.745. The van der Waals surface area contributed by atoms with Gasteiger partial charge < -0.3 is 28.8 Å². The zero-order chi connectivity index (χ0) is 29.0. The largest absolute Gasteiger partial charge is 0.503 e. The number of carbonyl (C=O) groups is 2. The van der Waals surface area contributed by atoms with E-state index in [2.05, 4.69) is 15.9 Å². The molecule has 1 aliphatic heterocycles. The van der Waals surface area contributed by atoms with E-state index in [0.717, 1.165) is 5.56 Å². The number of halogens is 1. The third-order valence-corrected chi connectivity index (χ3v) is 7.93. The number of nitrogens with zero attached hydrogens (tertiary/aromatic N) is 1. The van der Waals surface area contributed by atoms with Gasteiger partial charge in [-0.25, -0.2) is 0 Å². The number of hydrogen-bond acceptors (Lipinski definition) is 9. The molecule has 214 valence electrons. The lowest BCUT2D eigenvalue weighted by atomic mass is 9.69. The van der Waals surface area contributed by atoms with E-state index in [0.29, 0.717) is 51.5 Å². The van der Waals surface area contributed by atoms with Crippen LogP contribution in [0.5, 0.6) is 23.0 Å². The first-order valence-electron chi connectivity index (χ1n) is 13.1. The van der Waals surface area contributed by atoms with E-state index in [9.17, 15) is 14.7 Å². The van der Waals surface area contributed by atoms with E-state index < -0.39 is 17.8 Å². The van der Waals surface area contributed by atoms with E-state index in [1.807, 2.05) is 25.1 Å². The van der Waals surface area contributed by atoms with Crippen molar-refractivity contribution < 1.29 is 38.4 Å². The van der Waals surface area contributed by atoms with Crippen LogP contribution in [0.15, 0.2) is 51.1 Å². The minimum absolute atomic E-state index is 0.0685. The van der Waals surface area contributed by atoms with Gasteiger partial charge in [-0.2, -0.15) is 0 Å². The molecule has 1 heterocycles. The highest BCUT2D eigenvalue weighted by Crippen LogP contribution is 2.49. The number of methoxy groups -OCH3 is 3. The van der Waals surface area contributed by atoms with E-state index >= 15 is 0 Å². The molecule has 1 N–H and O–H groups in total. The van der Waals surface area contributed by atoms with Gasteiger partial charge in [-0.15, -0.1) is 0 Å². The number of benzene rings is 2. The van der Waals surface area contributed by atoms with Gasteiger partial charge in [-0.1, -0.05) is 6.07 Å². The summed E-state index contributed by atoms with van der Waals surface area (Å²) < 4.78 is 27.5. The molecule has 0 spiro atoms. The number of ether oxygens (including phenoxy) is 5. The number of phenolic OH excluding ortho intramolecular Hbond substituents is 1. The number of ketones is 1. The van der Waals surface area contributed by atoms with Gasteiger partial charge in [0.15, 0.2) is 28.8 Å². The Morgan fingerprint density at radius 2 is 1.70 bits per heavy atom. The number of esters is 1. The van der Waals surface area contributed by atoms with Crippen LogP contribution in [0, 0.1) is 5.92 Å². The molecule has 0 bridgehead atoms. The summed E-state index contributed by atoms with van der Waals surface area (Å²) in [6.45, 7) is 4.52. The average molecular weight is 617 g/mol. The summed E-state index contributed by atoms with van der Waals surface area (Å²) in [5, 5.41) is 10.4. The SMILES string of the molecule is CCOCCOC(=O)C1C(C)=NC2=C(C(=O)C[C@H](c3ccc(OC)c(OC)c3)C2)[C@H]1c1cc(Br)c(O)c(OC)c1. The quantitative estimate of drug-likeness (QED) is 0.282. The average Bonchev–Trinajstić information content (AvgIpc) is 2.95. The van der Waals surface area contributed by atoms with E-state index in [1.165, 1.54) is 7.11 Å². The fourth-order valence-electron chi connectivity index (χ4n) is 5.43. The summed E-state index contributed by atoms with van der Waals surface area (Å²) >= 11 is 3.39. The zero-order valence-corrected chi connectivity index (χ0v) is 24.9. The third-order valence-electron chi connectivity index (χ3n) is 7.33. The molecule has 0 saturated carbocycles. The molecule has 0 aromatic heterocycles. The summed E-state index contributed by atoms with van der Waals surface area (Å²) in [4.78, 5) is 32.2. The Labute approximate surface area is 242 Å². The van der Waals surface area contributed by atoms with Gasteiger partial charge in [0.2, 0.25) is 0 Å². The van der Waals surface area contributed by atoms with Crippen LogP contribution in [0.4, 0.5) is 0 Å². The minimum atomic E-state index is -0.830. The van der Waals surface area contributed by atoms with Crippen LogP contribution in [0.3, 0.4) is 0 Å². The lowest BCUT2D eigenvalue weighted by molar-refractivity contribution is -0.148. The normalized spacial score (nSPS) is 20.5. The Morgan fingerprint density at radius 1 is 1.00 bits per heavy atom. The molecule has 4 rings (SSSR count). The van der Waals surface area contributed by atoms with Gasteiger partial charge in [0, 0.05) is 35.9 Å². The van der Waals surface area contributed by atoms with Crippen molar-refractivity contribution in [2.45, 2.75) is 38.5 Å². The van der Waals surface area contributed by atoms with Gasteiger partial charge in [0.1, 0.15) is 12.5 Å². The van der Waals surface area contributed by atoms with Crippen molar-refractivity contribution in [2.75, 3.05) is 41.2 Å². The van der Waals surface area contributed by atoms with Gasteiger partial charge in [0.25, 0.3) is 0 Å². The van der Waals surface area contributed by atoms with Crippen LogP contribution in [0.2, 0.25) is 0 Å². The first-order chi connectivity index (χ1) is 19.2. The number of aliphatic imine (C=N–C) groups is 1. The Kier molecular flexibility index (Phi) is 9.52. The Morgan fingerprint density at radius 3 is 2.38 bits per heavy atom. The Bertz CT molecular complexity index is 1350. The van der Waals surface area contributed by atoms with Crippen molar-refractivity contribution >= 4 is 33.4 Å². The molecule has 1 aliphatic carbocycles. The highest BCUT2D eigenvalue weighted by molar-refractivity contribution is 9.10. The molecule has 0 amide bonds. The predicted molar refractivity (Wildman–Crippen MR) is 153 cm³/mol. The molecule has 0 fully saturated rings. The first-order valence-corrected chi connectivity index (χ1v) is 13.9. The van der Waals surface area contributed by atoms with Gasteiger partial charge in [-0.3, -0.25) is 14.6 Å². The van der Waals surface area contributed by atoms with E-state index in [4.69, 9.17) is 28.7 Å². The lowest BCUT2D eigenvalue weighted by Gasteiger charge is -2.36. The molecule has 0 radical (unpaired) electrons. The van der Waals surface area contributed by atoms with Gasteiger partial charge in [0.05, 0.1) is 32.4 Å². The predicted octanol–water partition coefficient (Wildman–Crippen LogP) is 5.34. The number of allylic oxidation sites excluding steroid dienone is 2. The molecule has 2 aromatic carbocycles. The second-order valence-corrected chi connectivity index (χ2v) is 10.5. The monoisotopic (exact) mass is 615 g/mol. The summed E-state index contributed by atoms with van der Waals surface area (Å²) in [6, 6.07) is 9.01. The molecule has 3 atom stereocenters. The maximum atomic E-state index is 13.9. The fourth-order valence-corrected chi connectivity index (χ4v) is 5.89. The van der Waals surface area contributed by atoms with Crippen LogP contribution in [-0.4, -0.2) is 63.7 Å². The van der Waals surface area contributed by atoms with Crippen LogP contribution in [0.1, 0.15) is 49.7 Å². The highest BCUT2D eigenvalue weighted by atomic mass is 79.9. The smallest absolute Gasteiger partial charge is 0.315 e. The molecule has 2 aliphatic rings. The standard InChI is InChI=1S/C30H34BrNO8/c1-6-39-9-10-40-30(35)26-16(2)32-21-12-18(17-7-8-23(36-3)24(14-17)37-4)13-22(33)28(21)27(26)19-11-20(31)29(34)25(15-19)38-5/h7-8,11,14-15,18,26-27,34H,6,9-10,12-13H2,1-5H3/t18-,26?,27+/m1/s1. The second kappa shape index (κ2) is 12.9. The zero-order valence-electron chi connectivity index (χ0n) is 23.3. The van der Waals surface area contributed by atoms with Crippen LogP contribution in [0.25, 0.3) is 0 Å². The molecule has 9 nitrogen and oxygen atoms in total. The minimum Gasteiger partial charge on any atom is -0.503 e. The number of carbonyl (C=O) groups excluding carboxylic acids is 2. The summed E-state index contributed by atoms with van der Waals surface area (Å²) in [5.74, 6) is -0.865. The molecule has 0 saturated heterocycles. The van der Waals surface area contributed by atoms with E-state index in [-0.39, 0.29) is 42.8 Å². The lowest BCUT2D eigenvalue weighted by Crippen LogP contribution is -2.38. The molecule has 10 heteroatoms. The number of phenols is 1. The van der Waals surface area contributed by atoms with Crippen molar-refractivity contribution in [3.63, 3.8) is 0 Å². The van der Waals surface area contributed by atoms with Crippen molar-refractivity contribution in [2.24, 2.45) is 10.9 Å². The van der Waals surface area contributed by atoms with Gasteiger partial charge >= 0.3 is 5.97 Å². The molecule has 1 unspecified atom stereocenters. The van der Waals surface area contributed by atoms with E-state index in [1.54, 1.807) is 33.3 Å². The molecule has 2 aromatic rings. The number of Topliss-reactive ketones (excluding diaryl/α,β-unsaturated/α-hetero) is 1. The number of aromatic hydroxyl groups is 1. The molecular weight excluding hydrogens is 582 g/mol. The van der Waals surface area contributed by atoms with Crippen LogP contribution < -0.4 is 14.2 Å². The highest BCUT2D eigenvalue weighted by Gasteiger charge is 2.45. The second-order valence-electron chi connectivity index (χ2n) is 9.63. The van der Waals surface area contributed by atoms with Crippen LogP contribution >= 0.6 is 15.9 Å². The number of rotatable bonds is 10. The van der Waals surface area contributed by atoms with Gasteiger partial charge in [-0.05, 0) is 77.5 Å². The van der Waals surface area contributed by atoms with Crippen molar-refractivity contribution in [3.05, 3.63) is 57.2 Å². The maximum absolute atomic E-state index is 13.9. The summed E-state index contributed by atoms with van der Waals surface area (Å²) in [5.41, 5.74) is 3.24. The fraction of sp³-hybridized carbons (Fsp3) is 0.433. The topological polar surface area (TPSA) is 113 Å². The summed E-state index contributed by atoms with van der Waals surface area (Å²) in [7, 11) is 4.60. The van der Waals surface area contributed by atoms with Crippen molar-refractivity contribution in [1.29, 1.82) is 0 Å². The molecule has 40 heavy (non-hydrogen) atoms. The Balaban J connectivity index is 1.78. The third kappa shape index (κ3) is 5.88. The van der Waals surface area contributed by atoms with Crippen molar-refractivity contribution in [3.8, 4) is 23.0 Å². The first kappa shape index (κ1) is 29.6. The maximum Gasteiger partial charge on any atom is 0.315 e. The van der Waals surface area contributed by atoms with Crippen LogP contribution in [-0.2, 0) is 19.1 Å². The molecular formula is C30H34BrNO8. The number of hydrogen-bond donors (Lipinski definition) is 1.